The maximum atomic E-state index is 5.89. The van der Waals surface area contributed by atoms with Crippen molar-refractivity contribution in [1.29, 1.82) is 0 Å². The van der Waals surface area contributed by atoms with E-state index in [0.29, 0.717) is 0 Å². The highest BCUT2D eigenvalue weighted by molar-refractivity contribution is 9.11. The summed E-state index contributed by atoms with van der Waals surface area (Å²) >= 11 is 5.31. The number of ether oxygens (including phenoxy) is 1. The van der Waals surface area contributed by atoms with Gasteiger partial charge >= 0.3 is 0 Å². The zero-order valence-electron chi connectivity index (χ0n) is 11.9. The first-order chi connectivity index (χ1) is 9.76. The maximum Gasteiger partial charge on any atom is 0.124 e. The Bertz CT molecular complexity index is 541. The summed E-state index contributed by atoms with van der Waals surface area (Å²) in [6.45, 7) is 5.93. The SMILES string of the molecule is CCCOc1ccccc1C(NCC)c1ccc(Br)s1. The van der Waals surface area contributed by atoms with Crippen LogP contribution in [0.3, 0.4) is 0 Å². The van der Waals surface area contributed by atoms with Crippen LogP contribution in [0.25, 0.3) is 0 Å². The first-order valence-electron chi connectivity index (χ1n) is 6.96. The molecule has 1 atom stereocenters. The van der Waals surface area contributed by atoms with Crippen molar-refractivity contribution in [3.05, 3.63) is 50.6 Å². The molecule has 0 amide bonds. The minimum absolute atomic E-state index is 0.185. The van der Waals surface area contributed by atoms with Crippen molar-refractivity contribution in [1.82, 2.24) is 5.32 Å². The van der Waals surface area contributed by atoms with Gasteiger partial charge in [-0.15, -0.1) is 11.3 Å². The van der Waals surface area contributed by atoms with Crippen LogP contribution < -0.4 is 10.1 Å². The summed E-state index contributed by atoms with van der Waals surface area (Å²) in [5.41, 5.74) is 1.21. The number of hydrogen-bond donors (Lipinski definition) is 1. The van der Waals surface area contributed by atoms with E-state index in [2.05, 4.69) is 65.4 Å². The van der Waals surface area contributed by atoms with E-state index >= 15 is 0 Å². The molecule has 0 spiro atoms. The number of rotatable bonds is 7. The molecule has 0 aliphatic carbocycles. The predicted molar refractivity (Wildman–Crippen MR) is 89.8 cm³/mol. The second-order valence-electron chi connectivity index (χ2n) is 4.52. The molecule has 0 aliphatic heterocycles. The van der Waals surface area contributed by atoms with Crippen LogP contribution in [-0.2, 0) is 0 Å². The maximum absolute atomic E-state index is 5.89. The Kier molecular flexibility index (Phi) is 6.07. The third kappa shape index (κ3) is 3.84. The van der Waals surface area contributed by atoms with E-state index in [9.17, 15) is 0 Å². The largest absolute Gasteiger partial charge is 0.493 e. The normalized spacial score (nSPS) is 12.3. The van der Waals surface area contributed by atoms with E-state index in [4.69, 9.17) is 4.74 Å². The Balaban J connectivity index is 2.33. The van der Waals surface area contributed by atoms with Gasteiger partial charge in [0.1, 0.15) is 5.75 Å². The summed E-state index contributed by atoms with van der Waals surface area (Å²) < 4.78 is 7.05. The first kappa shape index (κ1) is 15.5. The lowest BCUT2D eigenvalue weighted by atomic mass is 10.0. The van der Waals surface area contributed by atoms with Crippen LogP contribution in [0.15, 0.2) is 40.2 Å². The number of nitrogens with one attached hydrogen (secondary N) is 1. The molecule has 0 fully saturated rings. The topological polar surface area (TPSA) is 21.3 Å². The highest BCUT2D eigenvalue weighted by Gasteiger charge is 2.18. The lowest BCUT2D eigenvalue weighted by Gasteiger charge is -2.20. The monoisotopic (exact) mass is 353 g/mol. The van der Waals surface area contributed by atoms with Crippen LogP contribution in [0.5, 0.6) is 5.75 Å². The second-order valence-corrected chi connectivity index (χ2v) is 7.01. The zero-order valence-corrected chi connectivity index (χ0v) is 14.3. The zero-order chi connectivity index (χ0) is 14.4. The van der Waals surface area contributed by atoms with Crippen LogP contribution in [0.4, 0.5) is 0 Å². The fraction of sp³-hybridized carbons (Fsp3) is 0.375. The molecule has 0 bridgehead atoms. The summed E-state index contributed by atoms with van der Waals surface area (Å²) in [5.74, 6) is 0.977. The highest BCUT2D eigenvalue weighted by Crippen LogP contribution is 2.35. The van der Waals surface area contributed by atoms with E-state index < -0.39 is 0 Å². The van der Waals surface area contributed by atoms with Crippen LogP contribution >= 0.6 is 27.3 Å². The number of hydrogen-bond acceptors (Lipinski definition) is 3. The Morgan fingerprint density at radius 1 is 1.20 bits per heavy atom. The van der Waals surface area contributed by atoms with Crippen molar-refractivity contribution >= 4 is 27.3 Å². The van der Waals surface area contributed by atoms with Gasteiger partial charge in [-0.3, -0.25) is 0 Å². The molecule has 0 saturated carbocycles. The Morgan fingerprint density at radius 2 is 2.00 bits per heavy atom. The number of halogens is 1. The molecule has 2 aromatic rings. The van der Waals surface area contributed by atoms with Gasteiger partial charge in [-0.25, -0.2) is 0 Å². The summed E-state index contributed by atoms with van der Waals surface area (Å²) in [7, 11) is 0. The van der Waals surface area contributed by atoms with Crippen molar-refractivity contribution in [2.24, 2.45) is 0 Å². The molecule has 0 saturated heterocycles. The van der Waals surface area contributed by atoms with Crippen molar-refractivity contribution in [2.75, 3.05) is 13.2 Å². The molecule has 4 heteroatoms. The summed E-state index contributed by atoms with van der Waals surface area (Å²) in [6.07, 6.45) is 1.02. The van der Waals surface area contributed by atoms with Gasteiger partial charge in [-0.1, -0.05) is 32.0 Å². The fourth-order valence-electron chi connectivity index (χ4n) is 2.11. The van der Waals surface area contributed by atoms with Crippen molar-refractivity contribution in [2.45, 2.75) is 26.3 Å². The first-order valence-corrected chi connectivity index (χ1v) is 8.57. The minimum Gasteiger partial charge on any atom is -0.493 e. The molecule has 0 aliphatic rings. The molecular formula is C16H20BrNOS. The third-order valence-electron chi connectivity index (χ3n) is 2.98. The molecule has 1 aromatic heterocycles. The molecule has 1 N–H and O–H groups in total. The van der Waals surface area contributed by atoms with Crippen molar-refractivity contribution < 1.29 is 4.74 Å². The summed E-state index contributed by atoms with van der Waals surface area (Å²) in [5, 5.41) is 3.55. The van der Waals surface area contributed by atoms with Crippen molar-refractivity contribution in [3.8, 4) is 5.75 Å². The standard InChI is InChI=1S/C16H20BrNOS/c1-3-11-19-13-8-6-5-7-12(13)16(18-4-2)14-9-10-15(17)20-14/h5-10,16,18H,3-4,11H2,1-2H3. The minimum atomic E-state index is 0.185. The van der Waals surface area contributed by atoms with Gasteiger partial charge in [0, 0.05) is 10.4 Å². The van der Waals surface area contributed by atoms with E-state index in [1.165, 1.54) is 10.4 Å². The fourth-order valence-corrected chi connectivity index (χ4v) is 3.63. The van der Waals surface area contributed by atoms with Crippen molar-refractivity contribution in [3.63, 3.8) is 0 Å². The van der Waals surface area contributed by atoms with Gasteiger partial charge < -0.3 is 10.1 Å². The average molecular weight is 354 g/mol. The van der Waals surface area contributed by atoms with Gasteiger partial charge in [-0.05, 0) is 47.1 Å². The lowest BCUT2D eigenvalue weighted by Crippen LogP contribution is -2.21. The van der Waals surface area contributed by atoms with E-state index in [-0.39, 0.29) is 6.04 Å². The third-order valence-corrected chi connectivity index (χ3v) is 4.67. The molecule has 2 rings (SSSR count). The molecule has 1 unspecified atom stereocenters. The number of thiophene rings is 1. The van der Waals surface area contributed by atoms with Gasteiger partial charge in [0.25, 0.3) is 0 Å². The van der Waals surface area contributed by atoms with Crippen LogP contribution in [0.1, 0.15) is 36.8 Å². The predicted octanol–water partition coefficient (Wildman–Crippen LogP) is 5.00. The molecule has 20 heavy (non-hydrogen) atoms. The molecular weight excluding hydrogens is 334 g/mol. The van der Waals surface area contributed by atoms with Crippen LogP contribution in [0, 0.1) is 0 Å². The Labute approximate surface area is 133 Å². The highest BCUT2D eigenvalue weighted by atomic mass is 79.9. The van der Waals surface area contributed by atoms with Crippen LogP contribution in [-0.4, -0.2) is 13.2 Å². The van der Waals surface area contributed by atoms with E-state index in [0.717, 1.165) is 29.1 Å². The lowest BCUT2D eigenvalue weighted by molar-refractivity contribution is 0.312. The molecule has 1 heterocycles. The number of para-hydroxylation sites is 1. The number of benzene rings is 1. The second kappa shape index (κ2) is 7.81. The molecule has 2 nitrogen and oxygen atoms in total. The Hall–Kier alpha value is -0.840. The Morgan fingerprint density at radius 3 is 2.65 bits per heavy atom. The smallest absolute Gasteiger partial charge is 0.124 e. The van der Waals surface area contributed by atoms with Gasteiger partial charge in [0.2, 0.25) is 0 Å². The molecule has 108 valence electrons. The summed E-state index contributed by atoms with van der Waals surface area (Å²) in [4.78, 5) is 1.30. The molecule has 0 radical (unpaired) electrons. The van der Waals surface area contributed by atoms with Crippen LogP contribution in [0.2, 0.25) is 0 Å². The van der Waals surface area contributed by atoms with E-state index in [1.54, 1.807) is 11.3 Å². The average Bonchev–Trinajstić information content (AvgIpc) is 2.89. The van der Waals surface area contributed by atoms with Gasteiger partial charge in [-0.2, -0.15) is 0 Å². The van der Waals surface area contributed by atoms with Gasteiger partial charge in [0.05, 0.1) is 16.4 Å². The quantitative estimate of drug-likeness (QED) is 0.756. The van der Waals surface area contributed by atoms with E-state index in [1.807, 2.05) is 6.07 Å². The van der Waals surface area contributed by atoms with Gasteiger partial charge in [0.15, 0.2) is 0 Å². The summed E-state index contributed by atoms with van der Waals surface area (Å²) in [6, 6.07) is 12.7. The molecule has 1 aromatic carbocycles.